The van der Waals surface area contributed by atoms with Crippen molar-refractivity contribution >= 4 is 40.7 Å². The van der Waals surface area contributed by atoms with E-state index in [1.54, 1.807) is 0 Å². The van der Waals surface area contributed by atoms with E-state index in [2.05, 4.69) is 43.3 Å². The van der Waals surface area contributed by atoms with Gasteiger partial charge in [0.15, 0.2) is 5.96 Å². The van der Waals surface area contributed by atoms with Crippen LogP contribution in [0.15, 0.2) is 4.99 Å². The maximum atomic E-state index is 12.1. The third kappa shape index (κ3) is 9.02. The number of rotatable bonds is 7. The highest BCUT2D eigenvalue weighted by atomic mass is 127. The van der Waals surface area contributed by atoms with Crippen LogP contribution in [0.2, 0.25) is 0 Å². The summed E-state index contributed by atoms with van der Waals surface area (Å²) < 4.78 is 12.1. The van der Waals surface area contributed by atoms with Crippen molar-refractivity contribution in [1.29, 1.82) is 0 Å². The Labute approximate surface area is 168 Å². The van der Waals surface area contributed by atoms with Gasteiger partial charge in [-0.2, -0.15) is 0 Å². The smallest absolute Gasteiger partial charge is 0.191 e. The Hall–Kier alpha value is 0.150. The van der Waals surface area contributed by atoms with Crippen LogP contribution < -0.4 is 10.6 Å². The quantitative estimate of drug-likeness (QED) is 0.336. The van der Waals surface area contributed by atoms with Crippen LogP contribution in [-0.2, 0) is 10.8 Å². The van der Waals surface area contributed by atoms with Crippen LogP contribution in [0.4, 0.5) is 0 Å². The van der Waals surface area contributed by atoms with E-state index in [1.165, 1.54) is 6.42 Å². The normalized spacial score (nSPS) is 23.5. The van der Waals surface area contributed by atoms with Gasteiger partial charge in [-0.1, -0.05) is 41.0 Å². The molecule has 0 aliphatic heterocycles. The van der Waals surface area contributed by atoms with E-state index < -0.39 is 10.8 Å². The molecule has 0 saturated heterocycles. The van der Waals surface area contributed by atoms with Gasteiger partial charge < -0.3 is 10.6 Å². The summed E-state index contributed by atoms with van der Waals surface area (Å²) in [4.78, 5) is 4.37. The van der Waals surface area contributed by atoms with E-state index in [4.69, 9.17) is 0 Å². The number of guanidine groups is 1. The monoisotopic (exact) mass is 471 g/mol. The summed E-state index contributed by atoms with van der Waals surface area (Å²) in [6.07, 6.45) is 5.60. The second-order valence-electron chi connectivity index (χ2n) is 7.99. The molecular formula is C18H38IN3OS. The lowest BCUT2D eigenvalue weighted by Crippen LogP contribution is -2.48. The largest absolute Gasteiger partial charge is 0.356 e. The Kier molecular flexibility index (Phi) is 11.8. The molecule has 0 radical (unpaired) electrons. The fourth-order valence-electron chi connectivity index (χ4n) is 3.64. The predicted octanol–water partition coefficient (Wildman–Crippen LogP) is 3.92. The van der Waals surface area contributed by atoms with Gasteiger partial charge in [0.2, 0.25) is 0 Å². The highest BCUT2D eigenvalue weighted by Gasteiger charge is 2.26. The molecule has 1 aliphatic rings. The molecule has 4 nitrogen and oxygen atoms in total. The van der Waals surface area contributed by atoms with Gasteiger partial charge in [0.25, 0.3) is 0 Å². The Balaban J connectivity index is 0.00000529. The van der Waals surface area contributed by atoms with Crippen molar-refractivity contribution in [3.05, 3.63) is 0 Å². The van der Waals surface area contributed by atoms with Gasteiger partial charge >= 0.3 is 0 Å². The zero-order chi connectivity index (χ0) is 17.5. The van der Waals surface area contributed by atoms with Gasteiger partial charge in [-0.25, -0.2) is 0 Å². The van der Waals surface area contributed by atoms with Crippen LogP contribution >= 0.6 is 24.0 Å². The lowest BCUT2D eigenvalue weighted by molar-refractivity contribution is 0.285. The third-order valence-corrected chi connectivity index (χ3v) is 6.28. The first kappa shape index (κ1) is 24.1. The van der Waals surface area contributed by atoms with Crippen molar-refractivity contribution < 1.29 is 4.21 Å². The minimum Gasteiger partial charge on any atom is -0.356 e. The Bertz CT molecular complexity index is 413. The van der Waals surface area contributed by atoms with Crippen molar-refractivity contribution in [1.82, 2.24) is 10.6 Å². The average molecular weight is 471 g/mol. The molecule has 144 valence electrons. The molecule has 0 spiro atoms. The van der Waals surface area contributed by atoms with Gasteiger partial charge in [-0.15, -0.1) is 24.0 Å². The molecule has 3 unspecified atom stereocenters. The fraction of sp³-hybridized carbons (Fsp3) is 0.944. The maximum absolute atomic E-state index is 12.1. The van der Waals surface area contributed by atoms with E-state index >= 15 is 0 Å². The molecule has 0 amide bonds. The van der Waals surface area contributed by atoms with E-state index in [0.29, 0.717) is 17.2 Å². The number of nitrogens with zero attached hydrogens (tertiary/aromatic N) is 1. The molecular weight excluding hydrogens is 433 g/mol. The van der Waals surface area contributed by atoms with Crippen LogP contribution in [0.3, 0.4) is 0 Å². The number of halogens is 1. The highest BCUT2D eigenvalue weighted by Crippen LogP contribution is 2.25. The van der Waals surface area contributed by atoms with Crippen molar-refractivity contribution in [2.75, 3.05) is 19.3 Å². The van der Waals surface area contributed by atoms with Crippen LogP contribution in [-0.4, -0.2) is 40.8 Å². The summed E-state index contributed by atoms with van der Waals surface area (Å²) in [6.45, 7) is 12.1. The second kappa shape index (κ2) is 11.7. The van der Waals surface area contributed by atoms with Crippen molar-refractivity contribution in [3.63, 3.8) is 0 Å². The molecule has 0 aromatic carbocycles. The summed E-state index contributed by atoms with van der Waals surface area (Å²) in [5, 5.41) is 7.38. The molecule has 0 heterocycles. The molecule has 1 fully saturated rings. The number of hydrogen-bond acceptors (Lipinski definition) is 2. The summed E-state index contributed by atoms with van der Waals surface area (Å²) in [7, 11) is 1.15. The first-order chi connectivity index (χ1) is 10.8. The van der Waals surface area contributed by atoms with Gasteiger partial charge in [0.1, 0.15) is 0 Å². The van der Waals surface area contributed by atoms with Gasteiger partial charge in [0, 0.05) is 41.4 Å². The lowest BCUT2D eigenvalue weighted by Gasteiger charge is -2.32. The van der Waals surface area contributed by atoms with Gasteiger partial charge in [-0.3, -0.25) is 9.20 Å². The Morgan fingerprint density at radius 2 is 2.00 bits per heavy atom. The maximum Gasteiger partial charge on any atom is 0.191 e. The zero-order valence-corrected chi connectivity index (χ0v) is 19.5. The number of nitrogens with one attached hydrogen (secondary N) is 2. The van der Waals surface area contributed by atoms with Crippen LogP contribution in [0, 0.1) is 11.3 Å². The molecule has 0 aromatic heterocycles. The molecule has 1 rings (SSSR count). The third-order valence-electron chi connectivity index (χ3n) is 4.54. The average Bonchev–Trinajstić information content (AvgIpc) is 2.49. The summed E-state index contributed by atoms with van der Waals surface area (Å²) >= 11 is 0. The molecule has 2 N–H and O–H groups in total. The standard InChI is InChI=1S/C18H37N3OS.HI/c1-7-23(22)16-10-8-9-15(11-16)21-17(19-6)20-13-18(4,5)12-14(2)3;/h14-16H,7-13H2,1-6H3,(H2,19,20,21);1H. The Morgan fingerprint density at radius 1 is 1.33 bits per heavy atom. The molecule has 24 heavy (non-hydrogen) atoms. The first-order valence-electron chi connectivity index (χ1n) is 9.11. The molecule has 6 heteroatoms. The number of hydrogen-bond donors (Lipinski definition) is 2. The van der Waals surface area contributed by atoms with E-state index in [-0.39, 0.29) is 29.4 Å². The highest BCUT2D eigenvalue weighted by molar-refractivity contribution is 14.0. The minimum absolute atomic E-state index is 0. The van der Waals surface area contributed by atoms with Crippen molar-refractivity contribution in [3.8, 4) is 0 Å². The fourth-order valence-corrected chi connectivity index (χ4v) is 4.99. The van der Waals surface area contributed by atoms with Gasteiger partial charge in [-0.05, 0) is 37.0 Å². The minimum atomic E-state index is -0.676. The van der Waals surface area contributed by atoms with Crippen LogP contribution in [0.25, 0.3) is 0 Å². The lowest BCUT2D eigenvalue weighted by atomic mass is 9.84. The summed E-state index contributed by atoms with van der Waals surface area (Å²) in [6, 6.07) is 0.392. The summed E-state index contributed by atoms with van der Waals surface area (Å²) in [5.41, 5.74) is 0.255. The number of aliphatic imine (C=N–C) groups is 1. The van der Waals surface area contributed by atoms with Crippen LogP contribution in [0.1, 0.15) is 66.7 Å². The van der Waals surface area contributed by atoms with E-state index in [9.17, 15) is 4.21 Å². The summed E-state index contributed by atoms with van der Waals surface area (Å²) in [5.74, 6) is 2.35. The van der Waals surface area contributed by atoms with E-state index in [0.717, 1.165) is 43.9 Å². The van der Waals surface area contributed by atoms with Crippen molar-refractivity contribution in [2.45, 2.75) is 78.0 Å². The van der Waals surface area contributed by atoms with Crippen LogP contribution in [0.5, 0.6) is 0 Å². The SMILES string of the molecule is CCS(=O)C1CCCC(NC(=NC)NCC(C)(C)CC(C)C)C1.I. The van der Waals surface area contributed by atoms with Crippen molar-refractivity contribution in [2.24, 2.45) is 16.3 Å². The van der Waals surface area contributed by atoms with Gasteiger partial charge in [0.05, 0.1) is 0 Å². The Morgan fingerprint density at radius 3 is 2.54 bits per heavy atom. The molecule has 1 saturated carbocycles. The molecule has 3 atom stereocenters. The topological polar surface area (TPSA) is 53.5 Å². The first-order valence-corrected chi connectivity index (χ1v) is 10.5. The van der Waals surface area contributed by atoms with E-state index in [1.807, 2.05) is 14.0 Å². The molecule has 0 aromatic rings. The molecule has 0 bridgehead atoms. The zero-order valence-electron chi connectivity index (χ0n) is 16.4. The predicted molar refractivity (Wildman–Crippen MR) is 118 cm³/mol. The second-order valence-corrected chi connectivity index (χ2v) is 9.99. The molecule has 1 aliphatic carbocycles.